The third kappa shape index (κ3) is 2.24. The average molecular weight is 251 g/mol. The van der Waals surface area contributed by atoms with E-state index >= 15 is 0 Å². The van der Waals surface area contributed by atoms with E-state index in [2.05, 4.69) is 5.16 Å². The zero-order chi connectivity index (χ0) is 12.4. The maximum atomic E-state index is 11.3. The van der Waals surface area contributed by atoms with Crippen molar-refractivity contribution in [2.24, 2.45) is 11.1 Å². The predicted octanol–water partition coefficient (Wildman–Crippen LogP) is 1.50. The second-order valence-electron chi connectivity index (χ2n) is 4.17. The van der Waals surface area contributed by atoms with Crippen molar-refractivity contribution in [1.29, 1.82) is 0 Å². The fourth-order valence-electron chi connectivity index (χ4n) is 1.73. The quantitative estimate of drug-likeness (QED) is 0.748. The Morgan fingerprint density at radius 3 is 2.41 bits per heavy atom. The molecule has 2 rings (SSSR count). The Balaban J connectivity index is 2.49. The molecule has 1 heterocycles. The van der Waals surface area contributed by atoms with Gasteiger partial charge in [0.1, 0.15) is 10.6 Å². The third-order valence-electron chi connectivity index (χ3n) is 2.58. The van der Waals surface area contributed by atoms with Gasteiger partial charge in [0.2, 0.25) is 10.3 Å². The molecule has 1 aliphatic rings. The van der Waals surface area contributed by atoms with Crippen LogP contribution >= 0.6 is 0 Å². The van der Waals surface area contributed by atoms with Crippen molar-refractivity contribution < 1.29 is 13.3 Å². The first kappa shape index (κ1) is 11.9. The topological polar surface area (TPSA) is 55.7 Å². The summed E-state index contributed by atoms with van der Waals surface area (Å²) in [6, 6.07) is 9.18. The smallest absolute Gasteiger partial charge is 0.223 e. The fourth-order valence-corrected chi connectivity index (χ4v) is 2.54. The molecule has 4 nitrogen and oxygen atoms in total. The van der Waals surface area contributed by atoms with Crippen LogP contribution in [0.1, 0.15) is 19.4 Å². The maximum Gasteiger partial charge on any atom is 0.223 e. The van der Waals surface area contributed by atoms with Crippen LogP contribution < -0.4 is 0 Å². The standard InChI is InChI=1S/C12H13NO3S/c1-8(2)11-12(17(14)15)10(13-16-11)9-6-4-3-5-7-9/h3-8,11H,1-2H3. The molecule has 5 heteroatoms. The first-order chi connectivity index (χ1) is 8.11. The number of nitrogens with zero attached hydrogens (tertiary/aromatic N) is 1. The summed E-state index contributed by atoms with van der Waals surface area (Å²) in [6.45, 7) is 3.81. The van der Waals surface area contributed by atoms with Gasteiger partial charge in [-0.3, -0.25) is 0 Å². The summed E-state index contributed by atoms with van der Waals surface area (Å²) in [5.41, 5.74) is 1.17. The van der Waals surface area contributed by atoms with Gasteiger partial charge in [-0.15, -0.1) is 0 Å². The van der Waals surface area contributed by atoms with Crippen LogP contribution in [0.15, 0.2) is 35.5 Å². The molecule has 0 saturated heterocycles. The molecule has 90 valence electrons. The Hall–Kier alpha value is -1.62. The molecule has 0 fully saturated rings. The number of hydrogen-bond donors (Lipinski definition) is 0. The van der Waals surface area contributed by atoms with E-state index in [1.165, 1.54) is 0 Å². The maximum absolute atomic E-state index is 11.3. The molecule has 1 unspecified atom stereocenters. The number of hydrogen-bond acceptors (Lipinski definition) is 4. The molecule has 1 aromatic carbocycles. The van der Waals surface area contributed by atoms with Crippen molar-refractivity contribution >= 4 is 20.9 Å². The fraction of sp³-hybridized carbons (Fsp3) is 0.333. The molecule has 0 radical (unpaired) electrons. The summed E-state index contributed by atoms with van der Waals surface area (Å²) >= 11 is 0. The van der Waals surface area contributed by atoms with E-state index in [-0.39, 0.29) is 10.8 Å². The number of rotatable bonds is 2. The van der Waals surface area contributed by atoms with Gasteiger partial charge >= 0.3 is 0 Å². The van der Waals surface area contributed by atoms with Gasteiger partial charge in [0.15, 0.2) is 6.10 Å². The van der Waals surface area contributed by atoms with Crippen LogP contribution in [0.5, 0.6) is 0 Å². The van der Waals surface area contributed by atoms with Crippen LogP contribution in [0.4, 0.5) is 0 Å². The van der Waals surface area contributed by atoms with E-state index in [0.717, 1.165) is 5.56 Å². The predicted molar refractivity (Wildman–Crippen MR) is 66.6 cm³/mol. The van der Waals surface area contributed by atoms with Crippen molar-refractivity contribution in [2.75, 3.05) is 0 Å². The van der Waals surface area contributed by atoms with Crippen LogP contribution in [0, 0.1) is 5.92 Å². The van der Waals surface area contributed by atoms with Gasteiger partial charge in [0.25, 0.3) is 0 Å². The first-order valence-electron chi connectivity index (χ1n) is 5.37. The summed E-state index contributed by atoms with van der Waals surface area (Å²) in [7, 11) is -2.31. The minimum absolute atomic E-state index is 0.0628. The molecular formula is C12H13NO3S. The molecule has 0 amide bonds. The van der Waals surface area contributed by atoms with Crippen LogP contribution in [0.25, 0.3) is 0 Å². The van der Waals surface area contributed by atoms with Crippen LogP contribution in [0.3, 0.4) is 0 Å². The molecule has 17 heavy (non-hydrogen) atoms. The highest BCUT2D eigenvalue weighted by molar-refractivity contribution is 7.75. The SMILES string of the molecule is CC(C)C1ON=C(c2ccccc2)C1=S(=O)=O. The molecule has 1 atom stereocenters. The highest BCUT2D eigenvalue weighted by Crippen LogP contribution is 2.19. The number of oxime groups is 1. The Kier molecular flexibility index (Phi) is 3.28. The monoisotopic (exact) mass is 251 g/mol. The summed E-state index contributed by atoms with van der Waals surface area (Å²) in [5.74, 6) is 0.0628. The van der Waals surface area contributed by atoms with E-state index < -0.39 is 16.4 Å². The van der Waals surface area contributed by atoms with Crippen LogP contribution in [-0.4, -0.2) is 25.1 Å². The summed E-state index contributed by atoms with van der Waals surface area (Å²) in [6.07, 6.45) is -0.483. The van der Waals surface area contributed by atoms with Gasteiger partial charge in [-0.05, 0) is 5.92 Å². The van der Waals surface area contributed by atoms with Crippen molar-refractivity contribution in [2.45, 2.75) is 20.0 Å². The van der Waals surface area contributed by atoms with E-state index in [1.807, 2.05) is 44.2 Å². The zero-order valence-corrected chi connectivity index (χ0v) is 10.4. The molecule has 0 aromatic heterocycles. The molecular weight excluding hydrogens is 238 g/mol. The summed E-state index contributed by atoms with van der Waals surface area (Å²) in [4.78, 5) is 5.46. The van der Waals surface area contributed by atoms with Gasteiger partial charge in [-0.25, -0.2) is 0 Å². The molecule has 0 saturated carbocycles. The van der Waals surface area contributed by atoms with E-state index in [1.54, 1.807) is 0 Å². The first-order valence-corrected chi connectivity index (χ1v) is 6.44. The molecule has 0 bridgehead atoms. The van der Waals surface area contributed by atoms with E-state index in [9.17, 15) is 8.42 Å². The van der Waals surface area contributed by atoms with Gasteiger partial charge in [0.05, 0.1) is 0 Å². The number of benzene rings is 1. The lowest BCUT2D eigenvalue weighted by molar-refractivity contribution is 0.0878. The lowest BCUT2D eigenvalue weighted by atomic mass is 9.98. The minimum Gasteiger partial charge on any atom is -0.386 e. The normalized spacial score (nSPS) is 19.1. The molecule has 1 aromatic rings. The van der Waals surface area contributed by atoms with Crippen LogP contribution in [0.2, 0.25) is 0 Å². The van der Waals surface area contributed by atoms with Crippen molar-refractivity contribution in [3.63, 3.8) is 0 Å². The lowest BCUT2D eigenvalue weighted by Gasteiger charge is -2.11. The molecule has 1 aliphatic heterocycles. The largest absolute Gasteiger partial charge is 0.386 e. The summed E-state index contributed by atoms with van der Waals surface area (Å²) < 4.78 is 22.6. The van der Waals surface area contributed by atoms with Gasteiger partial charge < -0.3 is 4.84 Å². The van der Waals surface area contributed by atoms with Crippen molar-refractivity contribution in [3.8, 4) is 0 Å². The Bertz CT molecular complexity index is 565. The molecule has 0 aliphatic carbocycles. The van der Waals surface area contributed by atoms with E-state index in [4.69, 9.17) is 4.84 Å². The van der Waals surface area contributed by atoms with E-state index in [0.29, 0.717) is 5.71 Å². The van der Waals surface area contributed by atoms with Crippen molar-refractivity contribution in [3.05, 3.63) is 35.9 Å². The molecule has 0 N–H and O–H groups in total. The Morgan fingerprint density at radius 1 is 1.24 bits per heavy atom. The highest BCUT2D eigenvalue weighted by atomic mass is 32.2. The third-order valence-corrected chi connectivity index (χ3v) is 3.37. The zero-order valence-electron chi connectivity index (χ0n) is 9.62. The van der Waals surface area contributed by atoms with Crippen molar-refractivity contribution in [1.82, 2.24) is 0 Å². The Morgan fingerprint density at radius 2 is 1.88 bits per heavy atom. The second-order valence-corrected chi connectivity index (χ2v) is 5.08. The van der Waals surface area contributed by atoms with Gasteiger partial charge in [-0.1, -0.05) is 49.3 Å². The van der Waals surface area contributed by atoms with Crippen LogP contribution in [-0.2, 0) is 15.1 Å². The average Bonchev–Trinajstić information content (AvgIpc) is 2.74. The second kappa shape index (κ2) is 4.71. The summed E-state index contributed by atoms with van der Waals surface area (Å²) in [5, 5.41) is 3.90. The lowest BCUT2D eigenvalue weighted by Crippen LogP contribution is -2.29. The minimum atomic E-state index is -2.31. The van der Waals surface area contributed by atoms with Gasteiger partial charge in [0, 0.05) is 5.56 Å². The van der Waals surface area contributed by atoms with Gasteiger partial charge in [-0.2, -0.15) is 8.42 Å². The Labute approximate surface area is 101 Å². The molecule has 0 spiro atoms. The highest BCUT2D eigenvalue weighted by Gasteiger charge is 2.34.